The van der Waals surface area contributed by atoms with E-state index >= 15 is 0 Å². The van der Waals surface area contributed by atoms with Gasteiger partial charge in [0.25, 0.3) is 5.91 Å². The molecule has 0 aliphatic rings. The lowest BCUT2D eigenvalue weighted by molar-refractivity contribution is 0.0953. The monoisotopic (exact) mass is 236 g/mol. The van der Waals surface area contributed by atoms with Gasteiger partial charge in [0.05, 0.1) is 29.3 Å². The first-order chi connectivity index (χ1) is 7.66. The molecule has 2 aromatic heterocycles. The van der Waals surface area contributed by atoms with E-state index in [-0.39, 0.29) is 5.91 Å². The molecule has 0 saturated carbocycles. The molecule has 0 bridgehead atoms. The van der Waals surface area contributed by atoms with E-state index in [9.17, 15) is 4.79 Å². The first-order valence-electron chi connectivity index (χ1n) is 4.86. The molecule has 0 atom stereocenters. The molecule has 16 heavy (non-hydrogen) atoms. The van der Waals surface area contributed by atoms with Gasteiger partial charge in [0.1, 0.15) is 4.88 Å². The van der Waals surface area contributed by atoms with Gasteiger partial charge >= 0.3 is 0 Å². The quantitative estimate of drug-likeness (QED) is 0.846. The van der Waals surface area contributed by atoms with Gasteiger partial charge < -0.3 is 10.3 Å². The third-order valence-electron chi connectivity index (χ3n) is 2.10. The van der Waals surface area contributed by atoms with Crippen molar-refractivity contribution in [1.29, 1.82) is 0 Å². The number of aromatic nitrogens is 3. The molecule has 2 rings (SSSR count). The summed E-state index contributed by atoms with van der Waals surface area (Å²) in [6.07, 6.45) is 3.27. The predicted molar refractivity (Wildman–Crippen MR) is 61.3 cm³/mol. The van der Waals surface area contributed by atoms with Crippen molar-refractivity contribution >= 4 is 17.2 Å². The maximum absolute atomic E-state index is 11.8. The summed E-state index contributed by atoms with van der Waals surface area (Å²) in [5.41, 5.74) is 1.66. The smallest absolute Gasteiger partial charge is 0.263 e. The van der Waals surface area contributed by atoms with Gasteiger partial charge in [-0.25, -0.2) is 9.97 Å². The van der Waals surface area contributed by atoms with E-state index in [1.54, 1.807) is 12.5 Å². The van der Waals surface area contributed by atoms with Crippen LogP contribution in [0.3, 0.4) is 0 Å². The van der Waals surface area contributed by atoms with Crippen LogP contribution in [0.1, 0.15) is 26.1 Å². The highest BCUT2D eigenvalue weighted by atomic mass is 32.1. The molecule has 0 aliphatic heterocycles. The number of imidazole rings is 1. The Morgan fingerprint density at radius 2 is 2.38 bits per heavy atom. The van der Waals surface area contributed by atoms with Crippen molar-refractivity contribution in [3.63, 3.8) is 0 Å². The maximum Gasteiger partial charge on any atom is 0.263 e. The average molecular weight is 236 g/mol. The summed E-state index contributed by atoms with van der Waals surface area (Å²) in [5.74, 6) is -0.0855. The Kier molecular flexibility index (Phi) is 3.00. The molecule has 84 valence electrons. The molecule has 2 heterocycles. The number of H-pyrrole nitrogens is 1. The Hall–Kier alpha value is -1.69. The van der Waals surface area contributed by atoms with Crippen LogP contribution in [-0.4, -0.2) is 20.9 Å². The zero-order valence-corrected chi connectivity index (χ0v) is 9.89. The fraction of sp³-hybridized carbons (Fsp3) is 0.300. The number of thiazole rings is 1. The number of hydrogen-bond acceptors (Lipinski definition) is 4. The molecule has 6 heteroatoms. The van der Waals surface area contributed by atoms with Gasteiger partial charge in [-0.2, -0.15) is 0 Å². The van der Waals surface area contributed by atoms with Crippen molar-refractivity contribution in [2.75, 3.05) is 0 Å². The van der Waals surface area contributed by atoms with E-state index < -0.39 is 0 Å². The summed E-state index contributed by atoms with van der Waals surface area (Å²) in [5, 5.41) is 3.72. The number of amides is 1. The zero-order chi connectivity index (χ0) is 11.5. The van der Waals surface area contributed by atoms with Crippen molar-refractivity contribution in [1.82, 2.24) is 20.3 Å². The van der Waals surface area contributed by atoms with Gasteiger partial charge in [0.2, 0.25) is 0 Å². The minimum Gasteiger partial charge on any atom is -0.347 e. The van der Waals surface area contributed by atoms with E-state index in [0.717, 1.165) is 16.4 Å². The summed E-state index contributed by atoms with van der Waals surface area (Å²) in [6, 6.07) is 0. The normalized spacial score (nSPS) is 10.4. The first kappa shape index (κ1) is 10.8. The Morgan fingerprint density at radius 1 is 1.56 bits per heavy atom. The number of nitrogens with one attached hydrogen (secondary N) is 2. The second kappa shape index (κ2) is 4.44. The fourth-order valence-corrected chi connectivity index (χ4v) is 2.22. The van der Waals surface area contributed by atoms with E-state index in [0.29, 0.717) is 11.4 Å². The largest absolute Gasteiger partial charge is 0.347 e. The Bertz CT molecular complexity index is 489. The van der Waals surface area contributed by atoms with Crippen LogP contribution in [0.25, 0.3) is 0 Å². The summed E-state index contributed by atoms with van der Waals surface area (Å²) < 4.78 is 0. The molecular formula is C10H12N4OS. The zero-order valence-electron chi connectivity index (χ0n) is 9.07. The molecule has 0 aliphatic carbocycles. The Morgan fingerprint density at radius 3 is 2.94 bits per heavy atom. The van der Waals surface area contributed by atoms with Crippen LogP contribution in [0.2, 0.25) is 0 Å². The highest BCUT2D eigenvalue weighted by Gasteiger charge is 2.13. The summed E-state index contributed by atoms with van der Waals surface area (Å²) in [6.45, 7) is 4.19. The molecule has 0 aromatic carbocycles. The SMILES string of the molecule is Cc1nc(C)c(C(=O)NCc2cnc[nH]2)s1. The molecule has 0 spiro atoms. The van der Waals surface area contributed by atoms with Gasteiger partial charge in [-0.15, -0.1) is 11.3 Å². The molecule has 2 aromatic rings. The van der Waals surface area contributed by atoms with Gasteiger partial charge in [-0.1, -0.05) is 0 Å². The lowest BCUT2D eigenvalue weighted by Gasteiger charge is -2.01. The standard InChI is InChI=1S/C10H12N4OS/c1-6-9(16-7(2)14-6)10(15)12-4-8-3-11-5-13-8/h3,5H,4H2,1-2H3,(H,11,13)(H,12,15). The van der Waals surface area contributed by atoms with Gasteiger partial charge in [0.15, 0.2) is 0 Å². The minimum absolute atomic E-state index is 0.0855. The second-order valence-corrected chi connectivity index (χ2v) is 4.61. The topological polar surface area (TPSA) is 70.7 Å². The highest BCUT2D eigenvalue weighted by Crippen LogP contribution is 2.16. The van der Waals surface area contributed by atoms with Crippen LogP contribution in [0.15, 0.2) is 12.5 Å². The number of carbonyl (C=O) groups is 1. The van der Waals surface area contributed by atoms with E-state index in [2.05, 4.69) is 20.3 Å². The molecule has 0 saturated heterocycles. The van der Waals surface area contributed by atoms with Gasteiger partial charge in [-0.3, -0.25) is 4.79 Å². The summed E-state index contributed by atoms with van der Waals surface area (Å²) in [4.78, 5) is 23.5. The second-order valence-electron chi connectivity index (χ2n) is 3.41. The number of rotatable bonds is 3. The number of carbonyl (C=O) groups excluding carboxylic acids is 1. The maximum atomic E-state index is 11.8. The van der Waals surface area contributed by atoms with E-state index in [4.69, 9.17) is 0 Å². The van der Waals surface area contributed by atoms with Crippen LogP contribution < -0.4 is 5.32 Å². The number of nitrogens with zero attached hydrogens (tertiary/aromatic N) is 2. The molecule has 0 fully saturated rings. The number of hydrogen-bond donors (Lipinski definition) is 2. The summed E-state index contributed by atoms with van der Waals surface area (Å²) in [7, 11) is 0. The van der Waals surface area contributed by atoms with Crippen LogP contribution in [0, 0.1) is 13.8 Å². The minimum atomic E-state index is -0.0855. The van der Waals surface area contributed by atoms with Crippen molar-refractivity contribution in [3.05, 3.63) is 33.8 Å². The van der Waals surface area contributed by atoms with Crippen LogP contribution in [0.5, 0.6) is 0 Å². The van der Waals surface area contributed by atoms with Crippen LogP contribution in [-0.2, 0) is 6.54 Å². The molecule has 0 unspecified atom stereocenters. The molecule has 0 radical (unpaired) electrons. The van der Waals surface area contributed by atoms with E-state index in [1.165, 1.54) is 11.3 Å². The van der Waals surface area contributed by atoms with Crippen molar-refractivity contribution < 1.29 is 4.79 Å². The lowest BCUT2D eigenvalue weighted by Crippen LogP contribution is -2.22. The van der Waals surface area contributed by atoms with Crippen molar-refractivity contribution in [2.24, 2.45) is 0 Å². The van der Waals surface area contributed by atoms with Crippen LogP contribution >= 0.6 is 11.3 Å². The Balaban J connectivity index is 2.01. The van der Waals surface area contributed by atoms with Gasteiger partial charge in [-0.05, 0) is 13.8 Å². The predicted octanol–water partition coefficient (Wildman–Crippen LogP) is 1.41. The first-order valence-corrected chi connectivity index (χ1v) is 5.68. The summed E-state index contributed by atoms with van der Waals surface area (Å²) >= 11 is 1.41. The lowest BCUT2D eigenvalue weighted by atomic mass is 10.3. The number of aromatic amines is 1. The highest BCUT2D eigenvalue weighted by molar-refractivity contribution is 7.13. The molecule has 2 N–H and O–H groups in total. The number of aryl methyl sites for hydroxylation is 2. The molecule has 1 amide bonds. The third kappa shape index (κ3) is 2.27. The van der Waals surface area contributed by atoms with E-state index in [1.807, 2.05) is 13.8 Å². The van der Waals surface area contributed by atoms with Crippen molar-refractivity contribution in [2.45, 2.75) is 20.4 Å². The Labute approximate surface area is 96.9 Å². The third-order valence-corrected chi connectivity index (χ3v) is 3.18. The van der Waals surface area contributed by atoms with Gasteiger partial charge in [0, 0.05) is 6.20 Å². The fourth-order valence-electron chi connectivity index (χ4n) is 1.38. The molecular weight excluding hydrogens is 224 g/mol. The van der Waals surface area contributed by atoms with Crippen LogP contribution in [0.4, 0.5) is 0 Å². The molecule has 5 nitrogen and oxygen atoms in total. The average Bonchev–Trinajstić information content (AvgIpc) is 2.84. The van der Waals surface area contributed by atoms with Crippen molar-refractivity contribution in [3.8, 4) is 0 Å².